The number of morpholine rings is 1. The van der Waals surface area contributed by atoms with Gasteiger partial charge in [0.1, 0.15) is 11.3 Å². The molecule has 1 aliphatic rings. The summed E-state index contributed by atoms with van der Waals surface area (Å²) < 4.78 is 45.8. The molecule has 33 heavy (non-hydrogen) atoms. The highest BCUT2D eigenvalue weighted by molar-refractivity contribution is 7.89. The zero-order chi connectivity index (χ0) is 23.4. The van der Waals surface area contributed by atoms with Gasteiger partial charge in [0.05, 0.1) is 36.5 Å². The summed E-state index contributed by atoms with van der Waals surface area (Å²) in [5.74, 6) is 0.230. The highest BCUT2D eigenvalue weighted by Crippen LogP contribution is 2.27. The molecule has 176 valence electrons. The summed E-state index contributed by atoms with van der Waals surface area (Å²) in [6.45, 7) is 2.32. The van der Waals surface area contributed by atoms with Gasteiger partial charge < -0.3 is 18.8 Å². The second-order valence-corrected chi connectivity index (χ2v) is 10.2. The Morgan fingerprint density at radius 2 is 1.85 bits per heavy atom. The third kappa shape index (κ3) is 4.87. The third-order valence-corrected chi connectivity index (χ3v) is 8.27. The van der Waals surface area contributed by atoms with Crippen LogP contribution in [0.2, 0.25) is 0 Å². The van der Waals surface area contributed by atoms with E-state index in [1.807, 2.05) is 22.8 Å². The first-order valence-electron chi connectivity index (χ1n) is 10.4. The fourth-order valence-corrected chi connectivity index (χ4v) is 6.07. The molecule has 4 rings (SSSR count). The lowest BCUT2D eigenvalue weighted by atomic mass is 10.2. The summed E-state index contributed by atoms with van der Waals surface area (Å²) >= 11 is 1.38. The average Bonchev–Trinajstić information content (AvgIpc) is 3.20. The maximum atomic E-state index is 12.9. The molecule has 3 aromatic rings. The standard InChI is InChI=1S/C22H25N3O6S2/c1-29-13-12-25-20-18(30-2)4-3-5-19(20)32-22(25)23-21(26)16-6-8-17(9-7-16)33(27,28)24-10-14-31-15-11-24/h3-9H,10-15H2,1-2H3. The monoisotopic (exact) mass is 491 g/mol. The normalized spacial score (nSPS) is 15.8. The van der Waals surface area contributed by atoms with E-state index in [4.69, 9.17) is 14.2 Å². The molecule has 1 aromatic heterocycles. The molecule has 1 amide bonds. The van der Waals surface area contributed by atoms with E-state index in [1.54, 1.807) is 14.2 Å². The van der Waals surface area contributed by atoms with E-state index in [-0.39, 0.29) is 4.90 Å². The van der Waals surface area contributed by atoms with Crippen molar-refractivity contribution in [2.75, 3.05) is 47.1 Å². The molecule has 0 radical (unpaired) electrons. The number of aromatic nitrogens is 1. The van der Waals surface area contributed by atoms with Gasteiger partial charge in [-0.05, 0) is 36.4 Å². The minimum absolute atomic E-state index is 0.141. The number of sulfonamides is 1. The Morgan fingerprint density at radius 1 is 1.12 bits per heavy atom. The molecule has 2 aromatic carbocycles. The molecular formula is C22H25N3O6S2. The number of benzene rings is 2. The Hall–Kier alpha value is -2.57. The zero-order valence-electron chi connectivity index (χ0n) is 18.4. The van der Waals surface area contributed by atoms with Gasteiger partial charge >= 0.3 is 0 Å². The minimum Gasteiger partial charge on any atom is -0.495 e. The topological polar surface area (TPSA) is 99.4 Å². The number of thiazole rings is 1. The Morgan fingerprint density at radius 3 is 2.52 bits per heavy atom. The summed E-state index contributed by atoms with van der Waals surface area (Å²) in [7, 11) is -0.413. The molecule has 9 nitrogen and oxygen atoms in total. The number of amides is 1. The quantitative estimate of drug-likeness (QED) is 0.502. The summed E-state index contributed by atoms with van der Waals surface area (Å²) in [6.07, 6.45) is 0. The second kappa shape index (κ2) is 10.1. The van der Waals surface area contributed by atoms with Crippen molar-refractivity contribution in [3.63, 3.8) is 0 Å². The second-order valence-electron chi connectivity index (χ2n) is 7.29. The largest absolute Gasteiger partial charge is 0.495 e. The minimum atomic E-state index is -3.62. The Labute approximate surface area is 195 Å². The van der Waals surface area contributed by atoms with Crippen LogP contribution in [0.1, 0.15) is 10.4 Å². The van der Waals surface area contributed by atoms with Gasteiger partial charge in [-0.1, -0.05) is 17.4 Å². The van der Waals surface area contributed by atoms with Gasteiger partial charge in [-0.15, -0.1) is 0 Å². The lowest BCUT2D eigenvalue weighted by Crippen LogP contribution is -2.40. The van der Waals surface area contributed by atoms with Crippen LogP contribution >= 0.6 is 11.3 Å². The third-order valence-electron chi connectivity index (χ3n) is 5.31. The number of ether oxygens (including phenoxy) is 3. The van der Waals surface area contributed by atoms with Crippen LogP contribution in [0.25, 0.3) is 10.2 Å². The predicted octanol–water partition coefficient (Wildman–Crippen LogP) is 2.12. The number of rotatable bonds is 7. The molecule has 1 aliphatic heterocycles. The first-order chi connectivity index (χ1) is 16.0. The Kier molecular flexibility index (Phi) is 7.25. The number of fused-ring (bicyclic) bond motifs is 1. The molecule has 2 heterocycles. The molecule has 0 bridgehead atoms. The molecule has 1 fully saturated rings. The highest BCUT2D eigenvalue weighted by Gasteiger charge is 2.26. The predicted molar refractivity (Wildman–Crippen MR) is 124 cm³/mol. The van der Waals surface area contributed by atoms with E-state index in [0.29, 0.717) is 55.6 Å². The van der Waals surface area contributed by atoms with E-state index >= 15 is 0 Å². The van der Waals surface area contributed by atoms with Gasteiger partial charge in [0.2, 0.25) is 10.0 Å². The molecule has 0 aliphatic carbocycles. The van der Waals surface area contributed by atoms with Crippen LogP contribution in [0.4, 0.5) is 0 Å². The number of hydrogen-bond donors (Lipinski definition) is 0. The summed E-state index contributed by atoms with van der Waals surface area (Å²) in [4.78, 5) is 17.9. The van der Waals surface area contributed by atoms with Gasteiger partial charge in [-0.3, -0.25) is 4.79 Å². The van der Waals surface area contributed by atoms with E-state index < -0.39 is 15.9 Å². The van der Waals surface area contributed by atoms with Gasteiger partial charge in [-0.2, -0.15) is 9.30 Å². The van der Waals surface area contributed by atoms with E-state index in [2.05, 4.69) is 4.99 Å². The summed E-state index contributed by atoms with van der Waals surface area (Å²) in [6, 6.07) is 11.6. The van der Waals surface area contributed by atoms with Gasteiger partial charge in [0.25, 0.3) is 5.91 Å². The molecule has 0 N–H and O–H groups in total. The van der Waals surface area contributed by atoms with Crippen LogP contribution in [0, 0.1) is 0 Å². The van der Waals surface area contributed by atoms with Crippen molar-refractivity contribution in [2.45, 2.75) is 11.4 Å². The van der Waals surface area contributed by atoms with E-state index in [1.165, 1.54) is 39.9 Å². The fraction of sp³-hybridized carbons (Fsp3) is 0.364. The molecule has 0 unspecified atom stereocenters. The van der Waals surface area contributed by atoms with Crippen molar-refractivity contribution in [1.82, 2.24) is 8.87 Å². The number of para-hydroxylation sites is 1. The van der Waals surface area contributed by atoms with E-state index in [0.717, 1.165) is 10.2 Å². The van der Waals surface area contributed by atoms with Crippen molar-refractivity contribution in [1.29, 1.82) is 0 Å². The Balaban J connectivity index is 1.67. The molecule has 0 saturated carbocycles. The maximum Gasteiger partial charge on any atom is 0.279 e. The highest BCUT2D eigenvalue weighted by atomic mass is 32.2. The Bertz CT molecular complexity index is 1310. The van der Waals surface area contributed by atoms with Crippen molar-refractivity contribution >= 4 is 37.5 Å². The van der Waals surface area contributed by atoms with Gasteiger partial charge in [0, 0.05) is 32.3 Å². The lowest BCUT2D eigenvalue weighted by Gasteiger charge is -2.26. The molecule has 0 atom stereocenters. The van der Waals surface area contributed by atoms with E-state index in [9.17, 15) is 13.2 Å². The van der Waals surface area contributed by atoms with Gasteiger partial charge in [0.15, 0.2) is 4.80 Å². The van der Waals surface area contributed by atoms with Crippen LogP contribution in [-0.4, -0.2) is 70.3 Å². The van der Waals surface area contributed by atoms with Crippen LogP contribution in [0.15, 0.2) is 52.4 Å². The molecular weight excluding hydrogens is 466 g/mol. The SMILES string of the molecule is COCCn1c(=NC(=O)c2ccc(S(=O)(=O)N3CCOCC3)cc2)sc2cccc(OC)c21. The summed E-state index contributed by atoms with van der Waals surface area (Å²) in [5, 5.41) is 0. The van der Waals surface area contributed by atoms with Crippen molar-refractivity contribution in [2.24, 2.45) is 4.99 Å². The van der Waals surface area contributed by atoms with Crippen LogP contribution in [0.5, 0.6) is 5.75 Å². The number of methoxy groups -OCH3 is 2. The molecule has 11 heteroatoms. The smallest absolute Gasteiger partial charge is 0.279 e. The van der Waals surface area contributed by atoms with Crippen LogP contribution in [0.3, 0.4) is 0 Å². The number of carbonyl (C=O) groups is 1. The first kappa shape index (κ1) is 23.6. The van der Waals surface area contributed by atoms with Crippen LogP contribution < -0.4 is 9.54 Å². The summed E-state index contributed by atoms with van der Waals surface area (Å²) in [5.41, 5.74) is 1.15. The van der Waals surface area contributed by atoms with Crippen molar-refractivity contribution < 1.29 is 27.4 Å². The average molecular weight is 492 g/mol. The number of hydrogen-bond acceptors (Lipinski definition) is 7. The lowest BCUT2D eigenvalue weighted by molar-refractivity contribution is 0.0730. The maximum absolute atomic E-state index is 12.9. The van der Waals surface area contributed by atoms with Crippen molar-refractivity contribution in [3.8, 4) is 5.75 Å². The van der Waals surface area contributed by atoms with Gasteiger partial charge in [-0.25, -0.2) is 8.42 Å². The number of nitrogens with zero attached hydrogens (tertiary/aromatic N) is 3. The van der Waals surface area contributed by atoms with Crippen LogP contribution in [-0.2, 0) is 26.0 Å². The first-order valence-corrected chi connectivity index (χ1v) is 12.6. The molecule has 0 spiro atoms. The zero-order valence-corrected chi connectivity index (χ0v) is 20.0. The fourth-order valence-electron chi connectivity index (χ4n) is 3.59. The molecule has 1 saturated heterocycles. The van der Waals surface area contributed by atoms with Crippen molar-refractivity contribution in [3.05, 3.63) is 52.8 Å². The number of carbonyl (C=O) groups excluding carboxylic acids is 1.